The van der Waals surface area contributed by atoms with Crippen molar-refractivity contribution >= 4 is 11.6 Å². The summed E-state index contributed by atoms with van der Waals surface area (Å²) in [4.78, 5) is 24.7. The van der Waals surface area contributed by atoms with Crippen LogP contribution < -0.4 is 5.32 Å². The molecular weight excluding hydrogens is 274 g/mol. The van der Waals surface area contributed by atoms with Crippen molar-refractivity contribution in [3.05, 3.63) is 63.5 Å². The van der Waals surface area contributed by atoms with Crippen molar-refractivity contribution in [2.75, 3.05) is 0 Å². The first-order chi connectivity index (χ1) is 10.1. The first-order valence-corrected chi connectivity index (χ1v) is 6.46. The zero-order valence-corrected chi connectivity index (χ0v) is 10.9. The van der Waals surface area contributed by atoms with Crippen LogP contribution in [-0.2, 0) is 6.42 Å². The predicted molar refractivity (Wildman–Crippen MR) is 73.8 cm³/mol. The number of fused-ring (bicyclic) bond motifs is 1. The molecule has 0 bridgehead atoms. The Morgan fingerprint density at radius 2 is 2.19 bits per heavy atom. The van der Waals surface area contributed by atoms with Crippen LogP contribution in [0.1, 0.15) is 27.7 Å². The van der Waals surface area contributed by atoms with E-state index in [9.17, 15) is 20.0 Å². The number of amides is 1. The number of carbonyl (C=O) groups excluding carboxylic acids is 1. The summed E-state index contributed by atoms with van der Waals surface area (Å²) in [6.45, 7) is 0. The van der Waals surface area contributed by atoms with E-state index in [4.69, 9.17) is 0 Å². The van der Waals surface area contributed by atoms with E-state index < -0.39 is 23.0 Å². The third kappa shape index (κ3) is 2.38. The topological polar surface area (TPSA) is 108 Å². The molecule has 21 heavy (non-hydrogen) atoms. The van der Waals surface area contributed by atoms with Crippen molar-refractivity contribution in [3.8, 4) is 0 Å². The van der Waals surface area contributed by atoms with Gasteiger partial charge in [-0.15, -0.1) is 0 Å². The van der Waals surface area contributed by atoms with Crippen molar-refractivity contribution < 1.29 is 14.8 Å². The molecule has 0 fully saturated rings. The number of nitrogens with zero attached hydrogens (tertiary/aromatic N) is 1. The second kappa shape index (κ2) is 5.02. The SMILES string of the molecule is O=C(NC1c2ccccc2CC1O)c1cc([N+](=O)[O-])c[nH]1. The van der Waals surface area contributed by atoms with Gasteiger partial charge in [0.15, 0.2) is 0 Å². The average molecular weight is 287 g/mol. The number of aliphatic hydroxyl groups is 1. The Morgan fingerprint density at radius 1 is 1.43 bits per heavy atom. The van der Waals surface area contributed by atoms with Crippen molar-refractivity contribution in [3.63, 3.8) is 0 Å². The van der Waals surface area contributed by atoms with Gasteiger partial charge in [-0.1, -0.05) is 24.3 Å². The minimum absolute atomic E-state index is 0.0956. The molecule has 1 aliphatic rings. The monoisotopic (exact) mass is 287 g/mol. The van der Waals surface area contributed by atoms with E-state index in [2.05, 4.69) is 10.3 Å². The van der Waals surface area contributed by atoms with Gasteiger partial charge >= 0.3 is 0 Å². The van der Waals surface area contributed by atoms with Gasteiger partial charge in [-0.3, -0.25) is 14.9 Å². The van der Waals surface area contributed by atoms with Gasteiger partial charge in [-0.2, -0.15) is 0 Å². The largest absolute Gasteiger partial charge is 0.390 e. The number of nitro groups is 1. The molecule has 0 aliphatic heterocycles. The molecule has 108 valence electrons. The van der Waals surface area contributed by atoms with Gasteiger partial charge in [0.1, 0.15) is 5.69 Å². The lowest BCUT2D eigenvalue weighted by atomic mass is 10.1. The molecule has 1 heterocycles. The quantitative estimate of drug-likeness (QED) is 0.584. The summed E-state index contributed by atoms with van der Waals surface area (Å²) in [5.74, 6) is -0.483. The number of aromatic nitrogens is 1. The highest BCUT2D eigenvalue weighted by Crippen LogP contribution is 2.31. The molecule has 1 amide bonds. The van der Waals surface area contributed by atoms with E-state index in [0.29, 0.717) is 6.42 Å². The Kier molecular flexibility index (Phi) is 3.19. The summed E-state index contributed by atoms with van der Waals surface area (Å²) in [5, 5.41) is 23.4. The Morgan fingerprint density at radius 3 is 2.90 bits per heavy atom. The molecule has 2 aromatic rings. The van der Waals surface area contributed by atoms with Crippen LogP contribution in [0.25, 0.3) is 0 Å². The van der Waals surface area contributed by atoms with E-state index in [1.54, 1.807) is 0 Å². The van der Waals surface area contributed by atoms with E-state index in [-0.39, 0.29) is 11.4 Å². The first-order valence-electron chi connectivity index (χ1n) is 6.46. The van der Waals surface area contributed by atoms with Crippen LogP contribution in [0.15, 0.2) is 36.5 Å². The summed E-state index contributed by atoms with van der Waals surface area (Å²) in [7, 11) is 0. The summed E-state index contributed by atoms with van der Waals surface area (Å²) in [6.07, 6.45) is 0.941. The Hall–Kier alpha value is -2.67. The van der Waals surface area contributed by atoms with Gasteiger partial charge in [0, 0.05) is 12.5 Å². The number of hydrogen-bond donors (Lipinski definition) is 3. The fourth-order valence-electron chi connectivity index (χ4n) is 2.59. The van der Waals surface area contributed by atoms with Crippen LogP contribution in [0.5, 0.6) is 0 Å². The second-order valence-electron chi connectivity index (χ2n) is 4.95. The van der Waals surface area contributed by atoms with Gasteiger partial charge in [0.2, 0.25) is 0 Å². The van der Waals surface area contributed by atoms with Crippen LogP contribution in [0.2, 0.25) is 0 Å². The maximum Gasteiger partial charge on any atom is 0.287 e. The van der Waals surface area contributed by atoms with Crippen molar-refractivity contribution in [2.24, 2.45) is 0 Å². The minimum Gasteiger partial charge on any atom is -0.390 e. The second-order valence-corrected chi connectivity index (χ2v) is 4.95. The minimum atomic E-state index is -0.698. The molecule has 7 nitrogen and oxygen atoms in total. The summed E-state index contributed by atoms with van der Waals surface area (Å²) < 4.78 is 0. The summed E-state index contributed by atoms with van der Waals surface area (Å²) >= 11 is 0. The first kappa shape index (κ1) is 13.3. The molecule has 1 aromatic carbocycles. The van der Waals surface area contributed by atoms with Gasteiger partial charge < -0.3 is 15.4 Å². The standard InChI is InChI=1S/C14H13N3O4/c18-12-5-8-3-1-2-4-10(8)13(12)16-14(19)11-6-9(7-15-11)17(20)21/h1-4,6-7,12-13,15,18H,5H2,(H,16,19). The van der Waals surface area contributed by atoms with Crippen molar-refractivity contribution in [1.82, 2.24) is 10.3 Å². The summed E-state index contributed by atoms with van der Waals surface area (Å²) in [5.41, 5.74) is 1.79. The third-order valence-electron chi connectivity index (χ3n) is 3.61. The number of hydrogen-bond acceptors (Lipinski definition) is 4. The van der Waals surface area contributed by atoms with Crippen LogP contribution in [0.3, 0.4) is 0 Å². The molecule has 2 atom stereocenters. The molecule has 3 rings (SSSR count). The molecule has 3 N–H and O–H groups in total. The molecule has 1 aromatic heterocycles. The maximum atomic E-state index is 12.1. The Labute approximate surface area is 119 Å². The van der Waals surface area contributed by atoms with Crippen LogP contribution in [0, 0.1) is 10.1 Å². The molecule has 7 heteroatoms. The maximum absolute atomic E-state index is 12.1. The van der Waals surface area contributed by atoms with Crippen LogP contribution >= 0.6 is 0 Å². The Balaban J connectivity index is 1.80. The smallest absolute Gasteiger partial charge is 0.287 e. The highest BCUT2D eigenvalue weighted by molar-refractivity contribution is 5.93. The number of benzene rings is 1. The molecule has 2 unspecified atom stereocenters. The molecule has 0 radical (unpaired) electrons. The fourth-order valence-corrected chi connectivity index (χ4v) is 2.59. The number of aliphatic hydroxyl groups excluding tert-OH is 1. The fraction of sp³-hybridized carbons (Fsp3) is 0.214. The van der Waals surface area contributed by atoms with Crippen molar-refractivity contribution in [2.45, 2.75) is 18.6 Å². The Bertz CT molecular complexity index is 710. The highest BCUT2D eigenvalue weighted by Gasteiger charge is 2.32. The molecule has 0 spiro atoms. The number of H-pyrrole nitrogens is 1. The molecular formula is C14H13N3O4. The number of rotatable bonds is 3. The van der Waals surface area contributed by atoms with Gasteiger partial charge in [0.25, 0.3) is 11.6 Å². The average Bonchev–Trinajstić information content (AvgIpc) is 3.05. The highest BCUT2D eigenvalue weighted by atomic mass is 16.6. The van der Waals surface area contributed by atoms with E-state index in [1.807, 2.05) is 24.3 Å². The van der Waals surface area contributed by atoms with E-state index in [0.717, 1.165) is 17.3 Å². The molecule has 0 saturated carbocycles. The lowest BCUT2D eigenvalue weighted by Crippen LogP contribution is -2.34. The number of aromatic amines is 1. The molecule has 0 saturated heterocycles. The van der Waals surface area contributed by atoms with Crippen LogP contribution in [-0.4, -0.2) is 27.0 Å². The third-order valence-corrected chi connectivity index (χ3v) is 3.61. The molecule has 1 aliphatic carbocycles. The number of nitrogens with one attached hydrogen (secondary N) is 2. The normalized spacial score (nSPS) is 20.0. The lowest BCUT2D eigenvalue weighted by molar-refractivity contribution is -0.384. The van der Waals surface area contributed by atoms with Gasteiger partial charge in [-0.05, 0) is 11.1 Å². The summed E-state index contributed by atoms with van der Waals surface area (Å²) in [6, 6.07) is 8.15. The zero-order chi connectivity index (χ0) is 15.0. The van der Waals surface area contributed by atoms with Crippen LogP contribution in [0.4, 0.5) is 5.69 Å². The zero-order valence-electron chi connectivity index (χ0n) is 10.9. The van der Waals surface area contributed by atoms with Crippen molar-refractivity contribution in [1.29, 1.82) is 0 Å². The van der Waals surface area contributed by atoms with E-state index in [1.165, 1.54) is 6.07 Å². The lowest BCUT2D eigenvalue weighted by Gasteiger charge is -2.17. The van der Waals surface area contributed by atoms with Gasteiger partial charge in [0.05, 0.1) is 23.3 Å². The van der Waals surface area contributed by atoms with Gasteiger partial charge in [-0.25, -0.2) is 0 Å². The predicted octanol–water partition coefficient (Wildman–Crippen LogP) is 1.31. The van der Waals surface area contributed by atoms with E-state index >= 15 is 0 Å². The number of carbonyl (C=O) groups is 1.